The predicted octanol–water partition coefficient (Wildman–Crippen LogP) is 2.83. The number of benzene rings is 1. The number of halogens is 1. The monoisotopic (exact) mass is 337 g/mol. The number of hydrogen-bond acceptors (Lipinski definition) is 3. The molecule has 0 spiro atoms. The SMILES string of the molecule is Ic1cnc(NCC2Cc3ccccc32)nc1. The summed E-state index contributed by atoms with van der Waals surface area (Å²) in [6.07, 6.45) is 4.81. The minimum absolute atomic E-state index is 0.606. The molecule has 1 aliphatic carbocycles. The van der Waals surface area contributed by atoms with Crippen LogP contribution >= 0.6 is 22.6 Å². The first-order chi connectivity index (χ1) is 8.33. The molecule has 1 N–H and O–H groups in total. The van der Waals surface area contributed by atoms with Gasteiger partial charge in [0.1, 0.15) is 0 Å². The van der Waals surface area contributed by atoms with Crippen LogP contribution in [-0.2, 0) is 6.42 Å². The first-order valence-electron chi connectivity index (χ1n) is 5.62. The Morgan fingerprint density at radius 1 is 1.24 bits per heavy atom. The van der Waals surface area contributed by atoms with Crippen LogP contribution in [0.4, 0.5) is 5.95 Å². The molecule has 0 bridgehead atoms. The fourth-order valence-corrected chi connectivity index (χ4v) is 2.44. The highest BCUT2D eigenvalue weighted by Gasteiger charge is 2.24. The normalized spacial score (nSPS) is 17.1. The van der Waals surface area contributed by atoms with Gasteiger partial charge in [-0.25, -0.2) is 9.97 Å². The highest BCUT2D eigenvalue weighted by Crippen LogP contribution is 2.34. The van der Waals surface area contributed by atoms with Gasteiger partial charge in [-0.15, -0.1) is 0 Å². The van der Waals surface area contributed by atoms with Crippen molar-refractivity contribution in [3.63, 3.8) is 0 Å². The Morgan fingerprint density at radius 3 is 2.76 bits per heavy atom. The van der Waals surface area contributed by atoms with Gasteiger partial charge in [-0.2, -0.15) is 0 Å². The summed E-state index contributed by atoms with van der Waals surface area (Å²) in [5, 5.41) is 3.29. The van der Waals surface area contributed by atoms with Crippen molar-refractivity contribution < 1.29 is 0 Å². The number of anilines is 1. The first kappa shape index (κ1) is 11.0. The van der Waals surface area contributed by atoms with Gasteiger partial charge in [-0.1, -0.05) is 24.3 Å². The lowest BCUT2D eigenvalue weighted by atomic mass is 9.78. The summed E-state index contributed by atoms with van der Waals surface area (Å²) in [5.74, 6) is 1.32. The van der Waals surface area contributed by atoms with Gasteiger partial charge in [0.15, 0.2) is 0 Å². The standard InChI is InChI=1S/C13H12IN3/c14-11-7-16-13(17-8-11)15-6-10-5-9-3-1-2-4-12(9)10/h1-4,7-8,10H,5-6H2,(H,15,16,17). The zero-order chi connectivity index (χ0) is 11.7. The molecule has 1 heterocycles. The minimum Gasteiger partial charge on any atom is -0.354 e. The van der Waals surface area contributed by atoms with Gasteiger partial charge in [-0.3, -0.25) is 0 Å². The lowest BCUT2D eigenvalue weighted by Crippen LogP contribution is -2.24. The minimum atomic E-state index is 0.606. The molecular formula is C13H12IN3. The average Bonchev–Trinajstić information content (AvgIpc) is 2.33. The Balaban J connectivity index is 1.62. The predicted molar refractivity (Wildman–Crippen MR) is 76.1 cm³/mol. The molecule has 1 atom stereocenters. The summed E-state index contributed by atoms with van der Waals surface area (Å²) in [7, 11) is 0. The molecule has 0 radical (unpaired) electrons. The summed E-state index contributed by atoms with van der Waals surface area (Å²) < 4.78 is 1.06. The Bertz CT molecular complexity index is 524. The fraction of sp³-hybridized carbons (Fsp3) is 0.231. The van der Waals surface area contributed by atoms with Crippen LogP contribution < -0.4 is 5.32 Å². The zero-order valence-electron chi connectivity index (χ0n) is 9.23. The molecule has 4 heteroatoms. The van der Waals surface area contributed by atoms with Crippen LogP contribution in [0, 0.1) is 3.57 Å². The van der Waals surface area contributed by atoms with Crippen molar-refractivity contribution in [3.8, 4) is 0 Å². The summed E-state index contributed by atoms with van der Waals surface area (Å²) >= 11 is 2.20. The number of nitrogens with one attached hydrogen (secondary N) is 1. The van der Waals surface area contributed by atoms with Gasteiger partial charge in [0.2, 0.25) is 5.95 Å². The van der Waals surface area contributed by atoms with E-state index in [9.17, 15) is 0 Å². The third kappa shape index (κ3) is 2.26. The molecule has 1 aromatic heterocycles. The van der Waals surface area contributed by atoms with E-state index in [1.54, 1.807) is 0 Å². The number of hydrogen-bond donors (Lipinski definition) is 1. The van der Waals surface area contributed by atoms with Crippen molar-refractivity contribution in [2.24, 2.45) is 0 Å². The van der Waals surface area contributed by atoms with E-state index in [1.165, 1.54) is 11.1 Å². The maximum Gasteiger partial charge on any atom is 0.222 e. The Labute approximate surface area is 114 Å². The van der Waals surface area contributed by atoms with E-state index in [4.69, 9.17) is 0 Å². The molecular weight excluding hydrogens is 325 g/mol. The summed E-state index contributed by atoms with van der Waals surface area (Å²) in [6.45, 7) is 0.914. The molecule has 0 saturated heterocycles. The van der Waals surface area contributed by atoms with Crippen LogP contribution in [0.15, 0.2) is 36.7 Å². The number of aromatic nitrogens is 2. The van der Waals surface area contributed by atoms with Crippen LogP contribution in [0.3, 0.4) is 0 Å². The molecule has 3 nitrogen and oxygen atoms in total. The second-order valence-corrected chi connectivity index (χ2v) is 5.45. The van der Waals surface area contributed by atoms with Crippen molar-refractivity contribution >= 4 is 28.5 Å². The average molecular weight is 337 g/mol. The molecule has 17 heavy (non-hydrogen) atoms. The highest BCUT2D eigenvalue weighted by molar-refractivity contribution is 14.1. The quantitative estimate of drug-likeness (QED) is 0.876. The number of rotatable bonds is 3. The zero-order valence-corrected chi connectivity index (χ0v) is 11.4. The van der Waals surface area contributed by atoms with Crippen LogP contribution in [0.2, 0.25) is 0 Å². The molecule has 0 aliphatic heterocycles. The van der Waals surface area contributed by atoms with E-state index < -0.39 is 0 Å². The van der Waals surface area contributed by atoms with Crippen molar-refractivity contribution in [2.45, 2.75) is 12.3 Å². The highest BCUT2D eigenvalue weighted by atomic mass is 127. The molecule has 86 valence electrons. The second kappa shape index (κ2) is 4.60. The summed E-state index contributed by atoms with van der Waals surface area (Å²) in [4.78, 5) is 8.47. The van der Waals surface area contributed by atoms with Crippen LogP contribution in [0.25, 0.3) is 0 Å². The number of nitrogens with zero attached hydrogens (tertiary/aromatic N) is 2. The smallest absolute Gasteiger partial charge is 0.222 e. The molecule has 2 aromatic rings. The molecule has 1 aromatic carbocycles. The maximum absolute atomic E-state index is 4.23. The van der Waals surface area contributed by atoms with E-state index >= 15 is 0 Å². The van der Waals surface area contributed by atoms with Gasteiger partial charge in [-0.05, 0) is 40.1 Å². The van der Waals surface area contributed by atoms with Crippen molar-refractivity contribution in [1.29, 1.82) is 0 Å². The van der Waals surface area contributed by atoms with E-state index in [0.717, 1.165) is 22.5 Å². The van der Waals surface area contributed by atoms with Gasteiger partial charge >= 0.3 is 0 Å². The third-order valence-corrected chi connectivity index (χ3v) is 3.65. The fourth-order valence-electron chi connectivity index (χ4n) is 2.16. The first-order valence-corrected chi connectivity index (χ1v) is 6.70. The van der Waals surface area contributed by atoms with Gasteiger partial charge in [0.25, 0.3) is 0 Å². The lowest BCUT2D eigenvalue weighted by molar-refractivity contribution is 0.633. The molecule has 3 rings (SSSR count). The van der Waals surface area contributed by atoms with Crippen LogP contribution in [-0.4, -0.2) is 16.5 Å². The Kier molecular flexibility index (Phi) is 2.96. The Morgan fingerprint density at radius 2 is 2.00 bits per heavy atom. The van der Waals surface area contributed by atoms with E-state index in [0.29, 0.717) is 5.92 Å². The van der Waals surface area contributed by atoms with Gasteiger partial charge in [0.05, 0.1) is 0 Å². The molecule has 0 amide bonds. The van der Waals surface area contributed by atoms with Crippen LogP contribution in [0.1, 0.15) is 17.0 Å². The molecule has 1 unspecified atom stereocenters. The molecule has 0 saturated carbocycles. The van der Waals surface area contributed by atoms with Gasteiger partial charge in [0, 0.05) is 28.4 Å². The van der Waals surface area contributed by atoms with E-state index in [-0.39, 0.29) is 0 Å². The number of fused-ring (bicyclic) bond motifs is 1. The maximum atomic E-state index is 4.23. The molecule has 0 fully saturated rings. The van der Waals surface area contributed by atoms with E-state index in [2.05, 4.69) is 62.1 Å². The summed E-state index contributed by atoms with van der Waals surface area (Å²) in [6, 6.07) is 8.62. The van der Waals surface area contributed by atoms with Crippen molar-refractivity contribution in [3.05, 3.63) is 51.4 Å². The lowest BCUT2D eigenvalue weighted by Gasteiger charge is -2.30. The van der Waals surface area contributed by atoms with E-state index in [1.807, 2.05) is 12.4 Å². The molecule has 1 aliphatic rings. The Hall–Kier alpha value is -1.17. The van der Waals surface area contributed by atoms with Crippen LogP contribution in [0.5, 0.6) is 0 Å². The van der Waals surface area contributed by atoms with Gasteiger partial charge < -0.3 is 5.32 Å². The van der Waals surface area contributed by atoms with Crippen molar-refractivity contribution in [1.82, 2.24) is 9.97 Å². The largest absolute Gasteiger partial charge is 0.354 e. The topological polar surface area (TPSA) is 37.8 Å². The summed E-state index contributed by atoms with van der Waals surface area (Å²) in [5.41, 5.74) is 2.94. The van der Waals surface area contributed by atoms with Crippen molar-refractivity contribution in [2.75, 3.05) is 11.9 Å². The second-order valence-electron chi connectivity index (χ2n) is 4.21. The third-order valence-electron chi connectivity index (χ3n) is 3.09.